The fourth-order valence-electron chi connectivity index (χ4n) is 1.24. The summed E-state index contributed by atoms with van der Waals surface area (Å²) in [6.07, 6.45) is 3.48. The third kappa shape index (κ3) is 2.44. The van der Waals surface area contributed by atoms with Gasteiger partial charge in [-0.3, -0.25) is 0 Å². The Morgan fingerprint density at radius 1 is 1.07 bits per heavy atom. The van der Waals surface area contributed by atoms with Gasteiger partial charge in [0.05, 0.1) is 0 Å². The number of rotatable bonds is 2. The molecule has 0 aliphatic rings. The van der Waals surface area contributed by atoms with Crippen molar-refractivity contribution in [1.29, 1.82) is 0 Å². The average Bonchev–Trinajstić information content (AvgIpc) is 2.30. The van der Waals surface area contributed by atoms with Gasteiger partial charge in [0, 0.05) is 28.7 Å². The van der Waals surface area contributed by atoms with Gasteiger partial charge in [0.15, 0.2) is 0 Å². The van der Waals surface area contributed by atoms with Crippen LogP contribution in [0.1, 0.15) is 0 Å². The molecule has 0 atom stereocenters. The second-order valence-electron chi connectivity index (χ2n) is 3.08. The molecule has 2 rings (SSSR count). The first kappa shape index (κ1) is 10.4. The second kappa shape index (κ2) is 4.57. The molecule has 4 heteroatoms. The first-order chi connectivity index (χ1) is 7.27. The van der Waals surface area contributed by atoms with E-state index in [1.807, 2.05) is 18.0 Å². The molecule has 3 nitrogen and oxygen atoms in total. The molecular formula is C11H10IN3. The molecule has 0 aliphatic carbocycles. The molecule has 0 unspecified atom stereocenters. The molecule has 2 aromatic rings. The largest absolute Gasteiger partial charge is 0.314 e. The maximum absolute atomic E-state index is 4.19. The van der Waals surface area contributed by atoms with E-state index in [2.05, 4.69) is 56.8 Å². The highest BCUT2D eigenvalue weighted by Crippen LogP contribution is 2.20. The van der Waals surface area contributed by atoms with Crippen molar-refractivity contribution in [3.8, 4) is 0 Å². The molecular weight excluding hydrogens is 301 g/mol. The number of nitrogens with zero attached hydrogens (tertiary/aromatic N) is 3. The Bertz CT molecular complexity index is 427. The standard InChI is InChI=1S/C11H10IN3/c1-15(11-13-7-2-8-14-11)10-5-3-9(12)4-6-10/h2-8H,1H3. The second-order valence-corrected chi connectivity index (χ2v) is 4.33. The van der Waals surface area contributed by atoms with Gasteiger partial charge in [-0.25, -0.2) is 9.97 Å². The van der Waals surface area contributed by atoms with Crippen LogP contribution < -0.4 is 4.90 Å². The van der Waals surface area contributed by atoms with Gasteiger partial charge in [-0.1, -0.05) is 0 Å². The maximum Gasteiger partial charge on any atom is 0.229 e. The van der Waals surface area contributed by atoms with E-state index in [1.54, 1.807) is 12.4 Å². The molecule has 1 aromatic carbocycles. The van der Waals surface area contributed by atoms with Crippen molar-refractivity contribution in [2.24, 2.45) is 0 Å². The summed E-state index contributed by atoms with van der Waals surface area (Å²) < 4.78 is 1.22. The predicted octanol–water partition coefficient (Wildman–Crippen LogP) is 2.85. The fourth-order valence-corrected chi connectivity index (χ4v) is 1.60. The van der Waals surface area contributed by atoms with Gasteiger partial charge in [-0.2, -0.15) is 0 Å². The van der Waals surface area contributed by atoms with Crippen molar-refractivity contribution in [2.75, 3.05) is 11.9 Å². The molecule has 1 aromatic heterocycles. The Morgan fingerprint density at radius 3 is 2.27 bits per heavy atom. The molecule has 0 fully saturated rings. The molecule has 0 amide bonds. The van der Waals surface area contributed by atoms with Gasteiger partial charge in [0.1, 0.15) is 0 Å². The molecule has 76 valence electrons. The minimum Gasteiger partial charge on any atom is -0.314 e. The van der Waals surface area contributed by atoms with Crippen LogP contribution in [0.3, 0.4) is 0 Å². The van der Waals surface area contributed by atoms with Gasteiger partial charge in [-0.05, 0) is 52.9 Å². The first-order valence-corrected chi connectivity index (χ1v) is 5.61. The van der Waals surface area contributed by atoms with Crippen LogP contribution in [0.15, 0.2) is 42.7 Å². The lowest BCUT2D eigenvalue weighted by molar-refractivity contribution is 1.04. The van der Waals surface area contributed by atoms with Crippen LogP contribution in [0.4, 0.5) is 11.6 Å². The van der Waals surface area contributed by atoms with Gasteiger partial charge in [0.25, 0.3) is 0 Å². The minimum atomic E-state index is 0.707. The lowest BCUT2D eigenvalue weighted by atomic mass is 10.3. The lowest BCUT2D eigenvalue weighted by Gasteiger charge is -2.16. The van der Waals surface area contributed by atoms with Crippen LogP contribution in [0, 0.1) is 3.57 Å². The third-order valence-corrected chi connectivity index (χ3v) is 2.79. The monoisotopic (exact) mass is 311 g/mol. The van der Waals surface area contributed by atoms with Gasteiger partial charge in [-0.15, -0.1) is 0 Å². The highest BCUT2D eigenvalue weighted by Gasteiger charge is 2.04. The van der Waals surface area contributed by atoms with Crippen molar-refractivity contribution >= 4 is 34.2 Å². The highest BCUT2D eigenvalue weighted by molar-refractivity contribution is 14.1. The van der Waals surface area contributed by atoms with Crippen molar-refractivity contribution in [3.05, 3.63) is 46.3 Å². The van der Waals surface area contributed by atoms with Crippen LogP contribution in [0.25, 0.3) is 0 Å². The van der Waals surface area contributed by atoms with Crippen molar-refractivity contribution in [2.45, 2.75) is 0 Å². The summed E-state index contributed by atoms with van der Waals surface area (Å²) in [4.78, 5) is 10.3. The summed E-state index contributed by atoms with van der Waals surface area (Å²) in [6, 6.07) is 10.0. The zero-order valence-electron chi connectivity index (χ0n) is 8.26. The third-order valence-electron chi connectivity index (χ3n) is 2.07. The molecule has 0 saturated carbocycles. The van der Waals surface area contributed by atoms with Crippen LogP contribution in [-0.4, -0.2) is 17.0 Å². The molecule has 15 heavy (non-hydrogen) atoms. The van der Waals surface area contributed by atoms with E-state index >= 15 is 0 Å². The number of halogens is 1. The Labute approximate surface area is 102 Å². The Balaban J connectivity index is 2.29. The summed E-state index contributed by atoms with van der Waals surface area (Å²) in [6.45, 7) is 0. The smallest absolute Gasteiger partial charge is 0.229 e. The van der Waals surface area contributed by atoms with E-state index in [0.717, 1.165) is 5.69 Å². The van der Waals surface area contributed by atoms with E-state index < -0.39 is 0 Å². The number of anilines is 2. The Morgan fingerprint density at radius 2 is 1.67 bits per heavy atom. The van der Waals surface area contributed by atoms with E-state index in [-0.39, 0.29) is 0 Å². The number of hydrogen-bond acceptors (Lipinski definition) is 3. The van der Waals surface area contributed by atoms with Crippen molar-refractivity contribution in [3.63, 3.8) is 0 Å². The maximum atomic E-state index is 4.19. The first-order valence-electron chi connectivity index (χ1n) is 4.54. The molecule has 0 aliphatic heterocycles. The molecule has 0 spiro atoms. The zero-order chi connectivity index (χ0) is 10.7. The Hall–Kier alpha value is -1.17. The van der Waals surface area contributed by atoms with E-state index in [0.29, 0.717) is 5.95 Å². The summed E-state index contributed by atoms with van der Waals surface area (Å²) in [5.74, 6) is 0.707. The average molecular weight is 311 g/mol. The predicted molar refractivity (Wildman–Crippen MR) is 69.3 cm³/mol. The van der Waals surface area contributed by atoms with Crippen molar-refractivity contribution < 1.29 is 0 Å². The molecule has 0 saturated heterocycles. The SMILES string of the molecule is CN(c1ccc(I)cc1)c1ncccn1. The number of hydrogen-bond donors (Lipinski definition) is 0. The summed E-state index contributed by atoms with van der Waals surface area (Å²) >= 11 is 2.28. The van der Waals surface area contributed by atoms with Crippen molar-refractivity contribution in [1.82, 2.24) is 9.97 Å². The highest BCUT2D eigenvalue weighted by atomic mass is 127. The topological polar surface area (TPSA) is 29.0 Å². The van der Waals surface area contributed by atoms with Crippen LogP contribution in [0.5, 0.6) is 0 Å². The molecule has 0 N–H and O–H groups in total. The molecule has 0 bridgehead atoms. The lowest BCUT2D eigenvalue weighted by Crippen LogP contribution is -2.12. The van der Waals surface area contributed by atoms with Gasteiger partial charge < -0.3 is 4.90 Å². The summed E-state index contributed by atoms with van der Waals surface area (Å²) in [5.41, 5.74) is 1.08. The van der Waals surface area contributed by atoms with Gasteiger partial charge in [0.2, 0.25) is 5.95 Å². The normalized spacial score (nSPS) is 10.0. The van der Waals surface area contributed by atoms with Crippen LogP contribution in [-0.2, 0) is 0 Å². The zero-order valence-corrected chi connectivity index (χ0v) is 10.4. The summed E-state index contributed by atoms with van der Waals surface area (Å²) in [5, 5.41) is 0. The molecule has 1 heterocycles. The van der Waals surface area contributed by atoms with Crippen LogP contribution >= 0.6 is 22.6 Å². The number of benzene rings is 1. The summed E-state index contributed by atoms with van der Waals surface area (Å²) in [7, 11) is 1.96. The van der Waals surface area contributed by atoms with Crippen LogP contribution in [0.2, 0.25) is 0 Å². The van der Waals surface area contributed by atoms with E-state index in [1.165, 1.54) is 3.57 Å². The van der Waals surface area contributed by atoms with E-state index in [4.69, 9.17) is 0 Å². The van der Waals surface area contributed by atoms with Gasteiger partial charge >= 0.3 is 0 Å². The van der Waals surface area contributed by atoms with E-state index in [9.17, 15) is 0 Å². The molecule has 0 radical (unpaired) electrons. The minimum absolute atomic E-state index is 0.707. The fraction of sp³-hybridized carbons (Fsp3) is 0.0909. The number of aromatic nitrogens is 2. The quantitative estimate of drug-likeness (QED) is 0.799. The Kier molecular flexibility index (Phi) is 3.15.